The summed E-state index contributed by atoms with van der Waals surface area (Å²) in [7, 11) is 1.60. The third-order valence-corrected chi connectivity index (χ3v) is 3.07. The van der Waals surface area contributed by atoms with E-state index in [1.165, 1.54) is 10.7 Å². The standard InChI is InChI=1S/C13H12N2O6/c1-15-8-5-10-9(20-6-21-10)4-7(8)12(17)11(14-15)13(18)19-3-2-16/h4-5,16H,2-3,6H2,1H3. The number of aliphatic hydroxyl groups excluding tert-OH is 1. The molecule has 3 rings (SSSR count). The van der Waals surface area contributed by atoms with Crippen molar-refractivity contribution in [3.63, 3.8) is 0 Å². The van der Waals surface area contributed by atoms with Gasteiger partial charge in [0, 0.05) is 13.1 Å². The Hall–Kier alpha value is -2.61. The van der Waals surface area contributed by atoms with Crippen molar-refractivity contribution in [2.24, 2.45) is 7.05 Å². The summed E-state index contributed by atoms with van der Waals surface area (Å²) in [6, 6.07) is 3.15. The Kier molecular flexibility index (Phi) is 3.22. The van der Waals surface area contributed by atoms with Crippen LogP contribution in [0.1, 0.15) is 10.5 Å². The summed E-state index contributed by atoms with van der Waals surface area (Å²) in [5.41, 5.74) is -0.371. The molecule has 8 nitrogen and oxygen atoms in total. The van der Waals surface area contributed by atoms with Crippen LogP contribution in [0.4, 0.5) is 0 Å². The fourth-order valence-corrected chi connectivity index (χ4v) is 2.10. The second-order valence-corrected chi connectivity index (χ2v) is 4.38. The molecule has 0 amide bonds. The minimum absolute atomic E-state index is 0.0857. The zero-order chi connectivity index (χ0) is 15.0. The molecular formula is C13H12N2O6. The number of benzene rings is 1. The fraction of sp³-hybridized carbons (Fsp3) is 0.308. The van der Waals surface area contributed by atoms with Crippen LogP contribution in [-0.4, -0.2) is 40.9 Å². The Morgan fingerprint density at radius 3 is 2.86 bits per heavy atom. The first-order valence-electron chi connectivity index (χ1n) is 6.20. The first kappa shape index (κ1) is 13.4. The van der Waals surface area contributed by atoms with Crippen LogP contribution < -0.4 is 14.9 Å². The van der Waals surface area contributed by atoms with Crippen molar-refractivity contribution in [3.05, 3.63) is 28.0 Å². The molecule has 1 aliphatic heterocycles. The van der Waals surface area contributed by atoms with E-state index >= 15 is 0 Å². The molecule has 0 bridgehead atoms. The summed E-state index contributed by atoms with van der Waals surface area (Å²) in [5.74, 6) is 0.0969. The van der Waals surface area contributed by atoms with Gasteiger partial charge in [0.15, 0.2) is 11.5 Å². The van der Waals surface area contributed by atoms with Crippen molar-refractivity contribution in [2.75, 3.05) is 20.0 Å². The lowest BCUT2D eigenvalue weighted by atomic mass is 10.1. The van der Waals surface area contributed by atoms with Crippen molar-refractivity contribution >= 4 is 16.9 Å². The molecule has 0 spiro atoms. The van der Waals surface area contributed by atoms with E-state index in [-0.39, 0.29) is 31.1 Å². The Labute approximate surface area is 118 Å². The highest BCUT2D eigenvalue weighted by atomic mass is 16.7. The van der Waals surface area contributed by atoms with E-state index in [0.717, 1.165) is 0 Å². The summed E-state index contributed by atoms with van der Waals surface area (Å²) in [6.45, 7) is -0.427. The number of hydrogen-bond acceptors (Lipinski definition) is 7. The van der Waals surface area contributed by atoms with Gasteiger partial charge in [0.05, 0.1) is 17.5 Å². The van der Waals surface area contributed by atoms with Gasteiger partial charge in [0.25, 0.3) is 0 Å². The number of rotatable bonds is 3. The number of aliphatic hydroxyl groups is 1. The maximum absolute atomic E-state index is 12.3. The quantitative estimate of drug-likeness (QED) is 0.783. The number of carbonyl (C=O) groups is 1. The van der Waals surface area contributed by atoms with Crippen molar-refractivity contribution in [1.82, 2.24) is 9.78 Å². The van der Waals surface area contributed by atoms with Gasteiger partial charge in [0.1, 0.15) is 6.61 Å². The minimum Gasteiger partial charge on any atom is -0.458 e. The lowest BCUT2D eigenvalue weighted by molar-refractivity contribution is 0.0423. The van der Waals surface area contributed by atoms with Gasteiger partial charge in [-0.2, -0.15) is 5.10 Å². The fourth-order valence-electron chi connectivity index (χ4n) is 2.10. The van der Waals surface area contributed by atoms with Gasteiger partial charge >= 0.3 is 5.97 Å². The van der Waals surface area contributed by atoms with Gasteiger partial charge in [-0.15, -0.1) is 0 Å². The van der Waals surface area contributed by atoms with E-state index in [0.29, 0.717) is 17.0 Å². The van der Waals surface area contributed by atoms with Gasteiger partial charge in [-0.05, 0) is 6.07 Å². The van der Waals surface area contributed by atoms with Crippen LogP contribution in [0.5, 0.6) is 11.5 Å². The lowest BCUT2D eigenvalue weighted by Crippen LogP contribution is -2.24. The number of aromatic nitrogens is 2. The topological polar surface area (TPSA) is 99.9 Å². The highest BCUT2D eigenvalue weighted by Gasteiger charge is 2.21. The Balaban J connectivity index is 2.17. The molecular weight excluding hydrogens is 280 g/mol. The second-order valence-electron chi connectivity index (χ2n) is 4.38. The van der Waals surface area contributed by atoms with Crippen molar-refractivity contribution < 1.29 is 24.1 Å². The van der Waals surface area contributed by atoms with Crippen LogP contribution >= 0.6 is 0 Å². The van der Waals surface area contributed by atoms with Gasteiger partial charge < -0.3 is 19.3 Å². The molecule has 0 unspecified atom stereocenters. The maximum Gasteiger partial charge on any atom is 0.363 e. The molecule has 1 aromatic carbocycles. The number of esters is 1. The second kappa shape index (κ2) is 5.06. The first-order chi connectivity index (χ1) is 10.1. The number of carbonyl (C=O) groups excluding carboxylic acids is 1. The van der Waals surface area contributed by atoms with Gasteiger partial charge in [-0.1, -0.05) is 0 Å². The van der Waals surface area contributed by atoms with E-state index in [2.05, 4.69) is 5.10 Å². The van der Waals surface area contributed by atoms with Crippen LogP contribution in [-0.2, 0) is 11.8 Å². The Morgan fingerprint density at radius 1 is 1.43 bits per heavy atom. The number of nitrogens with zero attached hydrogens (tertiary/aromatic N) is 2. The SMILES string of the molecule is Cn1nc(C(=O)OCCO)c(=O)c2cc3c(cc21)OCO3. The summed E-state index contributed by atoms with van der Waals surface area (Å²) in [6.07, 6.45) is 0. The monoisotopic (exact) mass is 292 g/mol. The molecule has 0 saturated carbocycles. The molecule has 8 heteroatoms. The highest BCUT2D eigenvalue weighted by molar-refractivity contribution is 5.92. The molecule has 1 N–H and O–H groups in total. The van der Waals surface area contributed by atoms with E-state index in [1.807, 2.05) is 0 Å². The highest BCUT2D eigenvalue weighted by Crippen LogP contribution is 2.34. The van der Waals surface area contributed by atoms with Crippen LogP contribution in [0, 0.1) is 0 Å². The predicted molar refractivity (Wildman–Crippen MR) is 70.5 cm³/mol. The molecule has 1 aromatic heterocycles. The average Bonchev–Trinajstić information content (AvgIpc) is 2.94. The van der Waals surface area contributed by atoms with Crippen molar-refractivity contribution in [1.29, 1.82) is 0 Å². The van der Waals surface area contributed by atoms with Crippen LogP contribution in [0.25, 0.3) is 10.9 Å². The van der Waals surface area contributed by atoms with E-state index in [9.17, 15) is 9.59 Å². The van der Waals surface area contributed by atoms with Crippen molar-refractivity contribution in [2.45, 2.75) is 0 Å². The number of aryl methyl sites for hydroxylation is 1. The van der Waals surface area contributed by atoms with Gasteiger partial charge in [-0.25, -0.2) is 4.79 Å². The third kappa shape index (κ3) is 2.19. The molecule has 110 valence electrons. The lowest BCUT2D eigenvalue weighted by Gasteiger charge is -2.08. The molecule has 0 radical (unpaired) electrons. The largest absolute Gasteiger partial charge is 0.458 e. The Bertz CT molecular complexity index is 782. The molecule has 2 heterocycles. The number of fused-ring (bicyclic) bond motifs is 2. The van der Waals surface area contributed by atoms with E-state index in [4.69, 9.17) is 19.3 Å². The third-order valence-electron chi connectivity index (χ3n) is 3.07. The molecule has 21 heavy (non-hydrogen) atoms. The molecule has 2 aromatic rings. The number of hydrogen-bond donors (Lipinski definition) is 1. The van der Waals surface area contributed by atoms with E-state index < -0.39 is 11.4 Å². The average molecular weight is 292 g/mol. The van der Waals surface area contributed by atoms with Gasteiger partial charge in [-0.3, -0.25) is 9.48 Å². The van der Waals surface area contributed by atoms with Crippen LogP contribution in [0.3, 0.4) is 0 Å². The Morgan fingerprint density at radius 2 is 2.14 bits per heavy atom. The molecule has 0 atom stereocenters. The first-order valence-corrected chi connectivity index (χ1v) is 6.20. The molecule has 0 saturated heterocycles. The summed E-state index contributed by atoms with van der Waals surface area (Å²) >= 11 is 0. The minimum atomic E-state index is -0.871. The van der Waals surface area contributed by atoms with Crippen molar-refractivity contribution in [3.8, 4) is 11.5 Å². The number of ether oxygens (including phenoxy) is 3. The molecule has 0 aliphatic carbocycles. The van der Waals surface area contributed by atoms with E-state index in [1.54, 1.807) is 13.1 Å². The summed E-state index contributed by atoms with van der Waals surface area (Å²) in [5, 5.41) is 12.9. The maximum atomic E-state index is 12.3. The van der Waals surface area contributed by atoms with Crippen LogP contribution in [0.2, 0.25) is 0 Å². The summed E-state index contributed by atoms with van der Waals surface area (Å²) in [4.78, 5) is 24.1. The molecule has 0 fully saturated rings. The predicted octanol–water partition coefficient (Wildman–Crippen LogP) is -0.189. The van der Waals surface area contributed by atoms with Crippen LogP contribution in [0.15, 0.2) is 16.9 Å². The smallest absolute Gasteiger partial charge is 0.363 e. The zero-order valence-electron chi connectivity index (χ0n) is 11.2. The normalized spacial score (nSPS) is 12.7. The zero-order valence-corrected chi connectivity index (χ0v) is 11.2. The summed E-state index contributed by atoms with van der Waals surface area (Å²) < 4.78 is 16.6. The van der Waals surface area contributed by atoms with Gasteiger partial charge in [0.2, 0.25) is 17.9 Å². The molecule has 1 aliphatic rings.